The first kappa shape index (κ1) is 14.2. The van der Waals surface area contributed by atoms with Crippen LogP contribution in [0.2, 0.25) is 0 Å². The lowest BCUT2D eigenvalue weighted by Crippen LogP contribution is -2.45. The van der Waals surface area contributed by atoms with Gasteiger partial charge in [0.05, 0.1) is 0 Å². The average molecular weight is 260 g/mol. The lowest BCUT2D eigenvalue weighted by Gasteiger charge is -2.32. The Labute approximate surface area is 116 Å². The van der Waals surface area contributed by atoms with Gasteiger partial charge in [-0.3, -0.25) is 4.79 Å². The number of hydrogen-bond acceptors (Lipinski definition) is 3. The quantitative estimate of drug-likeness (QED) is 0.757. The molecule has 0 spiro atoms. The van der Waals surface area contributed by atoms with Gasteiger partial charge in [0.15, 0.2) is 5.78 Å². The number of piperazine rings is 1. The number of benzene rings is 1. The van der Waals surface area contributed by atoms with Crippen molar-refractivity contribution < 1.29 is 4.79 Å². The molecule has 1 aromatic carbocycles. The molecule has 0 bridgehead atoms. The minimum Gasteiger partial charge on any atom is -0.304 e. The van der Waals surface area contributed by atoms with E-state index in [0.717, 1.165) is 44.7 Å². The Morgan fingerprint density at radius 2 is 1.95 bits per heavy atom. The molecule has 1 heterocycles. The Bertz CT molecular complexity index is 423. The maximum absolute atomic E-state index is 12.2. The number of carbonyl (C=O) groups is 1. The van der Waals surface area contributed by atoms with E-state index < -0.39 is 0 Å². The number of Topliss-reactive ketones (excluding diaryl/α,β-unsaturated/α-hetero) is 1. The summed E-state index contributed by atoms with van der Waals surface area (Å²) >= 11 is 0. The van der Waals surface area contributed by atoms with Crippen LogP contribution in [0.25, 0.3) is 0 Å². The minimum atomic E-state index is 0.272. The van der Waals surface area contributed by atoms with E-state index in [4.69, 9.17) is 0 Å². The third kappa shape index (κ3) is 4.15. The molecule has 3 nitrogen and oxygen atoms in total. The van der Waals surface area contributed by atoms with Crippen LogP contribution in [0.5, 0.6) is 0 Å². The molecule has 1 aliphatic rings. The Morgan fingerprint density at radius 1 is 1.21 bits per heavy atom. The van der Waals surface area contributed by atoms with Crippen LogP contribution >= 0.6 is 0 Å². The van der Waals surface area contributed by atoms with Gasteiger partial charge in [0, 0.05) is 44.7 Å². The summed E-state index contributed by atoms with van der Waals surface area (Å²) in [5.74, 6) is 0.272. The molecule has 0 aliphatic carbocycles. The molecule has 0 atom stereocenters. The molecule has 0 unspecified atom stereocenters. The molecule has 1 aliphatic heterocycles. The Balaban J connectivity index is 1.83. The van der Waals surface area contributed by atoms with Crippen molar-refractivity contribution in [2.75, 3.05) is 39.8 Å². The first-order chi connectivity index (χ1) is 9.19. The summed E-state index contributed by atoms with van der Waals surface area (Å²) in [5, 5.41) is 0. The lowest BCUT2D eigenvalue weighted by atomic mass is 10.0. The summed E-state index contributed by atoms with van der Waals surface area (Å²) in [4.78, 5) is 16.9. The van der Waals surface area contributed by atoms with Crippen molar-refractivity contribution in [3.05, 3.63) is 35.4 Å². The highest BCUT2D eigenvalue weighted by Gasteiger charge is 2.15. The van der Waals surface area contributed by atoms with Crippen molar-refractivity contribution >= 4 is 5.78 Å². The van der Waals surface area contributed by atoms with Gasteiger partial charge >= 0.3 is 0 Å². The second-order valence-electron chi connectivity index (χ2n) is 5.37. The van der Waals surface area contributed by atoms with Gasteiger partial charge in [0.2, 0.25) is 0 Å². The Morgan fingerprint density at radius 3 is 2.63 bits per heavy atom. The van der Waals surface area contributed by atoms with Crippen LogP contribution in [-0.2, 0) is 6.42 Å². The van der Waals surface area contributed by atoms with Crippen molar-refractivity contribution in [1.82, 2.24) is 9.80 Å². The van der Waals surface area contributed by atoms with Gasteiger partial charge < -0.3 is 9.80 Å². The number of aryl methyl sites for hydroxylation is 1. The number of likely N-dealkylation sites (N-methyl/N-ethyl adjacent to an activating group) is 1. The van der Waals surface area contributed by atoms with Gasteiger partial charge in [-0.05, 0) is 25.1 Å². The topological polar surface area (TPSA) is 23.6 Å². The molecule has 1 fully saturated rings. The van der Waals surface area contributed by atoms with E-state index in [-0.39, 0.29) is 5.78 Å². The van der Waals surface area contributed by atoms with Crippen LogP contribution in [0.15, 0.2) is 24.3 Å². The summed E-state index contributed by atoms with van der Waals surface area (Å²) in [5.41, 5.74) is 2.11. The predicted molar refractivity (Wildman–Crippen MR) is 78.7 cm³/mol. The molecule has 0 radical (unpaired) electrons. The molecule has 1 aromatic rings. The third-order valence-corrected chi connectivity index (χ3v) is 3.91. The first-order valence-corrected chi connectivity index (χ1v) is 7.22. The molecule has 0 saturated carbocycles. The van der Waals surface area contributed by atoms with Gasteiger partial charge in [-0.2, -0.15) is 0 Å². The maximum Gasteiger partial charge on any atom is 0.164 e. The van der Waals surface area contributed by atoms with Crippen molar-refractivity contribution in [2.24, 2.45) is 0 Å². The molecule has 0 amide bonds. The average Bonchev–Trinajstić information content (AvgIpc) is 2.46. The van der Waals surface area contributed by atoms with E-state index in [0.29, 0.717) is 6.42 Å². The Kier molecular flexibility index (Phi) is 5.11. The van der Waals surface area contributed by atoms with Gasteiger partial charge in [-0.1, -0.05) is 25.1 Å². The summed E-state index contributed by atoms with van der Waals surface area (Å²) < 4.78 is 0. The summed E-state index contributed by atoms with van der Waals surface area (Å²) in [6, 6.07) is 8.04. The number of carbonyl (C=O) groups excluding carboxylic acids is 1. The van der Waals surface area contributed by atoms with Gasteiger partial charge in [-0.25, -0.2) is 0 Å². The van der Waals surface area contributed by atoms with E-state index in [1.165, 1.54) is 5.56 Å². The normalized spacial score (nSPS) is 17.6. The fourth-order valence-corrected chi connectivity index (χ4v) is 2.44. The monoisotopic (exact) mass is 260 g/mol. The van der Waals surface area contributed by atoms with Gasteiger partial charge in [0.25, 0.3) is 0 Å². The second kappa shape index (κ2) is 6.83. The molecular weight excluding hydrogens is 236 g/mol. The largest absolute Gasteiger partial charge is 0.304 e. The second-order valence-corrected chi connectivity index (χ2v) is 5.37. The first-order valence-electron chi connectivity index (χ1n) is 7.22. The van der Waals surface area contributed by atoms with Crippen molar-refractivity contribution in [3.8, 4) is 0 Å². The summed E-state index contributed by atoms with van der Waals surface area (Å²) in [6.45, 7) is 7.40. The zero-order valence-corrected chi connectivity index (χ0v) is 12.1. The highest BCUT2D eigenvalue weighted by Crippen LogP contribution is 2.09. The Hall–Kier alpha value is -1.19. The standard InChI is InChI=1S/C16H24N2O/c1-3-14-5-4-6-15(13-14)16(19)7-8-18-11-9-17(2)10-12-18/h4-6,13H,3,7-12H2,1-2H3. The number of nitrogens with zero attached hydrogens (tertiary/aromatic N) is 2. The van der Waals surface area contributed by atoms with Crippen molar-refractivity contribution in [2.45, 2.75) is 19.8 Å². The molecule has 104 valence electrons. The van der Waals surface area contributed by atoms with Crippen LogP contribution in [0.3, 0.4) is 0 Å². The van der Waals surface area contributed by atoms with Crippen LogP contribution in [0, 0.1) is 0 Å². The molecule has 0 N–H and O–H groups in total. The van der Waals surface area contributed by atoms with Crippen molar-refractivity contribution in [3.63, 3.8) is 0 Å². The summed E-state index contributed by atoms with van der Waals surface area (Å²) in [6.07, 6.45) is 1.62. The highest BCUT2D eigenvalue weighted by atomic mass is 16.1. The number of hydrogen-bond donors (Lipinski definition) is 0. The SMILES string of the molecule is CCc1cccc(C(=O)CCN2CCN(C)CC2)c1. The van der Waals surface area contributed by atoms with Gasteiger partial charge in [0.1, 0.15) is 0 Å². The minimum absolute atomic E-state index is 0.272. The van der Waals surface area contributed by atoms with E-state index in [2.05, 4.69) is 29.8 Å². The third-order valence-electron chi connectivity index (χ3n) is 3.91. The van der Waals surface area contributed by atoms with E-state index >= 15 is 0 Å². The molecule has 1 saturated heterocycles. The van der Waals surface area contributed by atoms with Crippen LogP contribution in [0.4, 0.5) is 0 Å². The zero-order chi connectivity index (χ0) is 13.7. The van der Waals surface area contributed by atoms with E-state index in [1.807, 2.05) is 18.2 Å². The van der Waals surface area contributed by atoms with Crippen LogP contribution < -0.4 is 0 Å². The number of rotatable bonds is 5. The fraction of sp³-hybridized carbons (Fsp3) is 0.562. The molecule has 19 heavy (non-hydrogen) atoms. The molecular formula is C16H24N2O. The summed E-state index contributed by atoms with van der Waals surface area (Å²) in [7, 11) is 2.15. The van der Waals surface area contributed by atoms with Crippen LogP contribution in [0.1, 0.15) is 29.3 Å². The highest BCUT2D eigenvalue weighted by molar-refractivity contribution is 5.96. The lowest BCUT2D eigenvalue weighted by molar-refractivity contribution is 0.0941. The molecule has 3 heteroatoms. The molecule has 2 rings (SSSR count). The van der Waals surface area contributed by atoms with Crippen molar-refractivity contribution in [1.29, 1.82) is 0 Å². The molecule has 0 aromatic heterocycles. The van der Waals surface area contributed by atoms with E-state index in [1.54, 1.807) is 0 Å². The van der Waals surface area contributed by atoms with Crippen LogP contribution in [-0.4, -0.2) is 55.4 Å². The van der Waals surface area contributed by atoms with E-state index in [9.17, 15) is 4.79 Å². The zero-order valence-electron chi connectivity index (χ0n) is 12.1. The van der Waals surface area contributed by atoms with Gasteiger partial charge in [-0.15, -0.1) is 0 Å². The number of ketones is 1. The maximum atomic E-state index is 12.2. The predicted octanol–water partition coefficient (Wildman–Crippen LogP) is 2.07. The fourth-order valence-electron chi connectivity index (χ4n) is 2.44. The smallest absolute Gasteiger partial charge is 0.164 e.